The van der Waals surface area contributed by atoms with Crippen LogP contribution >= 0.6 is 11.8 Å². The fraction of sp³-hybridized carbons (Fsp3) is 0.227. The van der Waals surface area contributed by atoms with Gasteiger partial charge in [0, 0.05) is 5.56 Å². The molecule has 1 aromatic carbocycles. The number of esters is 1. The monoisotopic (exact) mass is 423 g/mol. The van der Waals surface area contributed by atoms with Gasteiger partial charge < -0.3 is 13.6 Å². The summed E-state index contributed by atoms with van der Waals surface area (Å²) in [6, 6.07) is 13.6. The van der Waals surface area contributed by atoms with Crippen LogP contribution in [0.1, 0.15) is 33.2 Å². The van der Waals surface area contributed by atoms with Crippen molar-refractivity contribution in [1.82, 2.24) is 14.8 Å². The molecule has 0 saturated carbocycles. The average Bonchev–Trinajstić information content (AvgIpc) is 3.48. The Labute approximate surface area is 178 Å². The fourth-order valence-corrected chi connectivity index (χ4v) is 4.00. The molecule has 154 valence electrons. The molecule has 0 N–H and O–H groups in total. The molecule has 0 fully saturated rings. The summed E-state index contributed by atoms with van der Waals surface area (Å²) in [5.41, 5.74) is 2.57. The first-order chi connectivity index (χ1) is 14.6. The normalized spacial score (nSPS) is 11.0. The van der Waals surface area contributed by atoms with Gasteiger partial charge in [-0.25, -0.2) is 4.79 Å². The zero-order chi connectivity index (χ0) is 21.1. The summed E-state index contributed by atoms with van der Waals surface area (Å²) in [6.07, 6.45) is 1.65. The van der Waals surface area contributed by atoms with E-state index in [2.05, 4.69) is 10.2 Å². The molecule has 0 aliphatic rings. The highest BCUT2D eigenvalue weighted by molar-refractivity contribution is 7.98. The zero-order valence-electron chi connectivity index (χ0n) is 16.9. The second-order valence-electron chi connectivity index (χ2n) is 6.75. The van der Waals surface area contributed by atoms with Crippen LogP contribution in [0, 0.1) is 13.8 Å². The molecule has 3 heterocycles. The number of carbonyl (C=O) groups excluding carboxylic acids is 1. The van der Waals surface area contributed by atoms with Gasteiger partial charge in [-0.1, -0.05) is 36.0 Å². The Hall–Kier alpha value is -3.26. The Kier molecular flexibility index (Phi) is 5.76. The number of furan rings is 2. The molecule has 3 aromatic heterocycles. The van der Waals surface area contributed by atoms with Crippen molar-refractivity contribution in [3.8, 4) is 11.4 Å². The molecular weight excluding hydrogens is 402 g/mol. The van der Waals surface area contributed by atoms with Crippen LogP contribution in [0.15, 0.2) is 62.7 Å². The number of benzene rings is 1. The third-order valence-corrected chi connectivity index (χ3v) is 5.70. The number of carbonyl (C=O) groups is 1. The lowest BCUT2D eigenvalue weighted by atomic mass is 10.1. The first-order valence-corrected chi connectivity index (χ1v) is 10.4. The van der Waals surface area contributed by atoms with Gasteiger partial charge in [0.15, 0.2) is 11.0 Å². The molecule has 8 heteroatoms. The van der Waals surface area contributed by atoms with Gasteiger partial charge in [0.05, 0.1) is 25.7 Å². The van der Waals surface area contributed by atoms with E-state index in [4.69, 9.17) is 13.6 Å². The Morgan fingerprint density at radius 1 is 1.13 bits per heavy atom. The van der Waals surface area contributed by atoms with Crippen LogP contribution in [0.5, 0.6) is 0 Å². The number of aryl methyl sites for hydroxylation is 2. The van der Waals surface area contributed by atoms with Gasteiger partial charge in [0.2, 0.25) is 0 Å². The lowest BCUT2D eigenvalue weighted by Crippen LogP contribution is -2.04. The van der Waals surface area contributed by atoms with E-state index < -0.39 is 5.97 Å². The molecular formula is C22H21N3O4S. The average molecular weight is 423 g/mol. The molecule has 30 heavy (non-hydrogen) atoms. The summed E-state index contributed by atoms with van der Waals surface area (Å²) >= 11 is 1.49. The van der Waals surface area contributed by atoms with Crippen LogP contribution in [0.2, 0.25) is 0 Å². The standard InChI is InChI=1S/C22H21N3O4S/c1-14-7-4-5-9-18(14)20-23-24-22(25(20)12-16-8-6-10-28-16)30-13-17-11-19(15(2)29-17)21(26)27-3/h4-11H,12-13H2,1-3H3. The van der Waals surface area contributed by atoms with E-state index in [1.807, 2.05) is 47.9 Å². The Bertz CT molecular complexity index is 1160. The van der Waals surface area contributed by atoms with Crippen molar-refractivity contribution in [1.29, 1.82) is 0 Å². The maximum absolute atomic E-state index is 11.8. The molecule has 0 aliphatic carbocycles. The lowest BCUT2D eigenvalue weighted by molar-refractivity contribution is 0.0599. The highest BCUT2D eigenvalue weighted by Crippen LogP contribution is 2.30. The van der Waals surface area contributed by atoms with Crippen LogP contribution in [0.4, 0.5) is 0 Å². The van der Waals surface area contributed by atoms with Gasteiger partial charge in [-0.2, -0.15) is 0 Å². The zero-order valence-corrected chi connectivity index (χ0v) is 17.7. The van der Waals surface area contributed by atoms with Crippen molar-refractivity contribution >= 4 is 17.7 Å². The lowest BCUT2D eigenvalue weighted by Gasteiger charge is -2.10. The largest absolute Gasteiger partial charge is 0.467 e. The van der Waals surface area contributed by atoms with Crippen molar-refractivity contribution in [3.63, 3.8) is 0 Å². The van der Waals surface area contributed by atoms with E-state index in [-0.39, 0.29) is 0 Å². The highest BCUT2D eigenvalue weighted by atomic mass is 32.2. The van der Waals surface area contributed by atoms with Crippen LogP contribution in [0.25, 0.3) is 11.4 Å². The number of methoxy groups -OCH3 is 1. The molecule has 0 amide bonds. The van der Waals surface area contributed by atoms with E-state index in [9.17, 15) is 4.79 Å². The van der Waals surface area contributed by atoms with Crippen molar-refractivity contribution in [2.75, 3.05) is 7.11 Å². The van der Waals surface area contributed by atoms with E-state index in [1.165, 1.54) is 18.9 Å². The van der Waals surface area contributed by atoms with Crippen molar-refractivity contribution in [3.05, 3.63) is 77.1 Å². The topological polar surface area (TPSA) is 83.3 Å². The summed E-state index contributed by atoms with van der Waals surface area (Å²) in [4.78, 5) is 11.8. The Morgan fingerprint density at radius 3 is 2.70 bits per heavy atom. The Balaban J connectivity index is 1.63. The SMILES string of the molecule is COC(=O)c1cc(CSc2nnc(-c3ccccc3C)n2Cc2ccco2)oc1C. The third kappa shape index (κ3) is 4.04. The molecule has 0 bridgehead atoms. The second-order valence-corrected chi connectivity index (χ2v) is 7.69. The van der Waals surface area contributed by atoms with Crippen LogP contribution < -0.4 is 0 Å². The minimum Gasteiger partial charge on any atom is -0.467 e. The number of aromatic nitrogens is 3. The summed E-state index contributed by atoms with van der Waals surface area (Å²) in [6.45, 7) is 4.31. The van der Waals surface area contributed by atoms with Gasteiger partial charge in [-0.05, 0) is 37.6 Å². The number of ether oxygens (including phenoxy) is 1. The fourth-order valence-electron chi connectivity index (χ4n) is 3.18. The van der Waals surface area contributed by atoms with E-state index in [0.29, 0.717) is 29.4 Å². The molecule has 0 saturated heterocycles. The van der Waals surface area contributed by atoms with E-state index in [0.717, 1.165) is 27.9 Å². The molecule has 7 nitrogen and oxygen atoms in total. The summed E-state index contributed by atoms with van der Waals surface area (Å²) in [5.74, 6) is 2.89. The van der Waals surface area contributed by atoms with Crippen LogP contribution in [0.3, 0.4) is 0 Å². The summed E-state index contributed by atoms with van der Waals surface area (Å²) in [5, 5.41) is 9.60. The number of rotatable bonds is 7. The molecule has 0 spiro atoms. The second kappa shape index (κ2) is 8.62. The van der Waals surface area contributed by atoms with E-state index in [1.54, 1.807) is 19.3 Å². The van der Waals surface area contributed by atoms with Crippen LogP contribution in [-0.4, -0.2) is 27.8 Å². The van der Waals surface area contributed by atoms with Crippen molar-refractivity contribution < 1.29 is 18.4 Å². The number of nitrogens with zero attached hydrogens (tertiary/aromatic N) is 3. The maximum Gasteiger partial charge on any atom is 0.341 e. The van der Waals surface area contributed by atoms with Crippen LogP contribution in [-0.2, 0) is 17.0 Å². The molecule has 0 unspecified atom stereocenters. The van der Waals surface area contributed by atoms with Crippen molar-refractivity contribution in [2.24, 2.45) is 0 Å². The van der Waals surface area contributed by atoms with E-state index >= 15 is 0 Å². The molecule has 0 aliphatic heterocycles. The maximum atomic E-state index is 11.8. The molecule has 0 atom stereocenters. The van der Waals surface area contributed by atoms with Gasteiger partial charge >= 0.3 is 5.97 Å². The Morgan fingerprint density at radius 2 is 1.97 bits per heavy atom. The summed E-state index contributed by atoms with van der Waals surface area (Å²) < 4.78 is 18.1. The smallest absolute Gasteiger partial charge is 0.341 e. The molecule has 0 radical (unpaired) electrons. The quantitative estimate of drug-likeness (QED) is 0.310. The molecule has 4 rings (SSSR count). The van der Waals surface area contributed by atoms with Gasteiger partial charge in [0.25, 0.3) is 0 Å². The number of hydrogen-bond donors (Lipinski definition) is 0. The van der Waals surface area contributed by atoms with Gasteiger partial charge in [-0.15, -0.1) is 10.2 Å². The predicted molar refractivity (Wildman–Crippen MR) is 112 cm³/mol. The predicted octanol–water partition coefficient (Wildman–Crippen LogP) is 4.88. The highest BCUT2D eigenvalue weighted by Gasteiger charge is 2.19. The number of thioether (sulfide) groups is 1. The first-order valence-electron chi connectivity index (χ1n) is 9.39. The van der Waals surface area contributed by atoms with Crippen molar-refractivity contribution in [2.45, 2.75) is 31.3 Å². The minimum atomic E-state index is -0.407. The van der Waals surface area contributed by atoms with Gasteiger partial charge in [-0.3, -0.25) is 4.57 Å². The minimum absolute atomic E-state index is 0.407. The summed E-state index contributed by atoms with van der Waals surface area (Å²) in [7, 11) is 1.35. The third-order valence-electron chi connectivity index (χ3n) is 4.71. The molecule has 4 aromatic rings. The first kappa shape index (κ1) is 20.0. The van der Waals surface area contributed by atoms with Gasteiger partial charge in [0.1, 0.15) is 22.8 Å². The number of hydrogen-bond acceptors (Lipinski definition) is 7.